The number of hydrogen-bond acceptors (Lipinski definition) is 2. The zero-order chi connectivity index (χ0) is 16.2. The number of amides is 1. The smallest absolute Gasteiger partial charge is 0.410 e. The van der Waals surface area contributed by atoms with Crippen LogP contribution in [0.2, 0.25) is 0 Å². The van der Waals surface area contributed by atoms with Crippen LogP contribution in [-0.4, -0.2) is 29.7 Å². The van der Waals surface area contributed by atoms with E-state index in [2.05, 4.69) is 24.8 Å². The lowest BCUT2D eigenvalue weighted by Crippen LogP contribution is -2.42. The predicted molar refractivity (Wildman–Crippen MR) is 88.6 cm³/mol. The van der Waals surface area contributed by atoms with E-state index in [-0.39, 0.29) is 12.0 Å². The molecule has 1 amide bonds. The Morgan fingerprint density at radius 3 is 2.73 bits per heavy atom. The Balaban J connectivity index is 2.00. The Morgan fingerprint density at radius 1 is 1.32 bits per heavy atom. The molecular weight excluding hydrogens is 274 g/mol. The predicted octanol–water partition coefficient (Wildman–Crippen LogP) is 3.99. The van der Waals surface area contributed by atoms with Crippen molar-refractivity contribution in [3.63, 3.8) is 0 Å². The first-order valence-corrected chi connectivity index (χ1v) is 7.90. The lowest BCUT2D eigenvalue weighted by molar-refractivity contribution is 0.0190. The van der Waals surface area contributed by atoms with Gasteiger partial charge in [-0.05, 0) is 52.2 Å². The van der Waals surface area contributed by atoms with Crippen molar-refractivity contribution in [2.24, 2.45) is 5.92 Å². The molecule has 0 aliphatic carbocycles. The number of hydrogen-bond donors (Lipinski definition) is 0. The van der Waals surface area contributed by atoms with Crippen LogP contribution >= 0.6 is 0 Å². The van der Waals surface area contributed by atoms with Gasteiger partial charge >= 0.3 is 6.09 Å². The third-order valence-corrected chi connectivity index (χ3v) is 3.63. The van der Waals surface area contributed by atoms with E-state index in [1.165, 1.54) is 5.56 Å². The molecule has 3 nitrogen and oxygen atoms in total. The average molecular weight is 299 g/mol. The Labute approximate surface area is 133 Å². The van der Waals surface area contributed by atoms with Crippen LogP contribution in [0.1, 0.15) is 44.7 Å². The van der Waals surface area contributed by atoms with Crippen molar-refractivity contribution in [2.75, 3.05) is 13.1 Å². The fraction of sp³-hybridized carbons (Fsp3) is 0.526. The summed E-state index contributed by atoms with van der Waals surface area (Å²) in [6.07, 6.45) is 1.79. The van der Waals surface area contributed by atoms with E-state index >= 15 is 0 Å². The summed E-state index contributed by atoms with van der Waals surface area (Å²) in [6.45, 7) is 9.17. The highest BCUT2D eigenvalue weighted by molar-refractivity contribution is 5.68. The van der Waals surface area contributed by atoms with Crippen molar-refractivity contribution in [3.05, 3.63) is 35.4 Å². The van der Waals surface area contributed by atoms with Gasteiger partial charge < -0.3 is 9.64 Å². The van der Waals surface area contributed by atoms with Gasteiger partial charge in [0.1, 0.15) is 5.60 Å². The molecule has 1 atom stereocenters. The van der Waals surface area contributed by atoms with Crippen LogP contribution in [0.5, 0.6) is 0 Å². The summed E-state index contributed by atoms with van der Waals surface area (Å²) in [5, 5.41) is 0. The number of rotatable bonds is 0. The van der Waals surface area contributed by atoms with E-state index in [4.69, 9.17) is 4.74 Å². The molecule has 3 heteroatoms. The number of carbonyl (C=O) groups excluding carboxylic acids is 1. The number of piperidine rings is 1. The van der Waals surface area contributed by atoms with Crippen molar-refractivity contribution in [1.29, 1.82) is 0 Å². The molecule has 0 spiro atoms. The number of ether oxygens (including phenoxy) is 1. The molecule has 0 aromatic heterocycles. The Bertz CT molecular complexity index is 589. The second-order valence-corrected chi connectivity index (χ2v) is 6.85. The quantitative estimate of drug-likeness (QED) is 0.678. The normalized spacial score (nSPS) is 18.4. The molecule has 1 heterocycles. The number of benzene rings is 1. The number of aryl methyl sites for hydroxylation is 1. The van der Waals surface area contributed by atoms with Crippen LogP contribution in [0, 0.1) is 24.7 Å². The summed E-state index contributed by atoms with van der Waals surface area (Å²) >= 11 is 0. The molecule has 0 N–H and O–H groups in total. The fourth-order valence-electron chi connectivity index (χ4n) is 2.48. The van der Waals surface area contributed by atoms with Crippen molar-refractivity contribution >= 4 is 6.09 Å². The zero-order valence-electron chi connectivity index (χ0n) is 14.0. The minimum absolute atomic E-state index is 0.223. The highest BCUT2D eigenvalue weighted by Crippen LogP contribution is 2.19. The summed E-state index contributed by atoms with van der Waals surface area (Å²) in [5.41, 5.74) is 1.81. The molecule has 22 heavy (non-hydrogen) atoms. The molecular formula is C19H25NO2. The molecule has 1 aromatic rings. The minimum atomic E-state index is -0.448. The van der Waals surface area contributed by atoms with Gasteiger partial charge in [0.05, 0.1) is 0 Å². The van der Waals surface area contributed by atoms with Crippen molar-refractivity contribution in [1.82, 2.24) is 4.90 Å². The molecule has 118 valence electrons. The first-order chi connectivity index (χ1) is 10.3. The second-order valence-electron chi connectivity index (χ2n) is 6.85. The Morgan fingerprint density at radius 2 is 2.05 bits per heavy atom. The van der Waals surface area contributed by atoms with E-state index < -0.39 is 5.60 Å². The van der Waals surface area contributed by atoms with Crippen LogP contribution in [-0.2, 0) is 4.74 Å². The molecule has 1 unspecified atom stereocenters. The monoisotopic (exact) mass is 299 g/mol. The maximum atomic E-state index is 12.1. The molecule has 0 radical (unpaired) electrons. The minimum Gasteiger partial charge on any atom is -0.444 e. The molecule has 1 aliphatic rings. The molecule has 2 rings (SSSR count). The van der Waals surface area contributed by atoms with Gasteiger partial charge in [0.25, 0.3) is 0 Å². The molecule has 1 saturated heterocycles. The average Bonchev–Trinajstić information content (AvgIpc) is 2.45. The van der Waals surface area contributed by atoms with E-state index in [9.17, 15) is 4.79 Å². The Hall–Kier alpha value is -1.95. The second kappa shape index (κ2) is 6.87. The molecule has 0 saturated carbocycles. The van der Waals surface area contributed by atoms with Crippen LogP contribution in [0.4, 0.5) is 4.79 Å². The first kappa shape index (κ1) is 16.4. The fourth-order valence-corrected chi connectivity index (χ4v) is 2.48. The van der Waals surface area contributed by atoms with Gasteiger partial charge in [0, 0.05) is 24.6 Å². The number of carbonyl (C=O) groups is 1. The van der Waals surface area contributed by atoms with Crippen molar-refractivity contribution in [2.45, 2.75) is 46.1 Å². The van der Waals surface area contributed by atoms with E-state index in [1.807, 2.05) is 39.0 Å². The standard InChI is InChI=1S/C19H25NO2/c1-15-8-5-6-10-17(15)12-11-16-9-7-13-20(14-16)18(21)22-19(2,3)4/h5-6,8,10,16H,7,9,13-14H2,1-4H3. The third kappa shape index (κ3) is 4.80. The van der Waals surface area contributed by atoms with Gasteiger partial charge in [0.15, 0.2) is 0 Å². The summed E-state index contributed by atoms with van der Waals surface area (Å²) in [7, 11) is 0. The zero-order valence-corrected chi connectivity index (χ0v) is 14.0. The maximum Gasteiger partial charge on any atom is 0.410 e. The molecule has 1 aliphatic heterocycles. The van der Waals surface area contributed by atoms with Crippen LogP contribution in [0.15, 0.2) is 24.3 Å². The van der Waals surface area contributed by atoms with E-state index in [0.717, 1.165) is 24.9 Å². The number of nitrogens with zero attached hydrogens (tertiary/aromatic N) is 1. The first-order valence-electron chi connectivity index (χ1n) is 7.90. The summed E-state index contributed by atoms with van der Waals surface area (Å²) in [4.78, 5) is 13.9. The summed E-state index contributed by atoms with van der Waals surface area (Å²) in [5.74, 6) is 6.81. The highest BCUT2D eigenvalue weighted by atomic mass is 16.6. The van der Waals surface area contributed by atoms with E-state index in [0.29, 0.717) is 6.54 Å². The summed E-state index contributed by atoms with van der Waals surface area (Å²) < 4.78 is 5.45. The molecule has 1 aromatic carbocycles. The molecule has 1 fully saturated rings. The SMILES string of the molecule is Cc1ccccc1C#CC1CCCN(C(=O)OC(C)(C)C)C1. The van der Waals surface area contributed by atoms with Crippen LogP contribution < -0.4 is 0 Å². The topological polar surface area (TPSA) is 29.5 Å². The van der Waals surface area contributed by atoms with Gasteiger partial charge in [0.2, 0.25) is 0 Å². The third-order valence-electron chi connectivity index (χ3n) is 3.63. The molecule has 0 bridgehead atoms. The lowest BCUT2D eigenvalue weighted by Gasteiger charge is -2.32. The lowest BCUT2D eigenvalue weighted by atomic mass is 9.98. The van der Waals surface area contributed by atoms with Gasteiger partial charge in [-0.15, -0.1) is 0 Å². The maximum absolute atomic E-state index is 12.1. The number of likely N-dealkylation sites (tertiary alicyclic amines) is 1. The highest BCUT2D eigenvalue weighted by Gasteiger charge is 2.26. The largest absolute Gasteiger partial charge is 0.444 e. The van der Waals surface area contributed by atoms with Crippen LogP contribution in [0.3, 0.4) is 0 Å². The van der Waals surface area contributed by atoms with Gasteiger partial charge in [-0.25, -0.2) is 4.79 Å². The van der Waals surface area contributed by atoms with Crippen LogP contribution in [0.25, 0.3) is 0 Å². The van der Waals surface area contributed by atoms with Gasteiger partial charge in [-0.3, -0.25) is 0 Å². The van der Waals surface area contributed by atoms with Gasteiger partial charge in [-0.2, -0.15) is 0 Å². The van der Waals surface area contributed by atoms with Crippen molar-refractivity contribution in [3.8, 4) is 11.8 Å². The van der Waals surface area contributed by atoms with E-state index in [1.54, 1.807) is 4.90 Å². The van der Waals surface area contributed by atoms with Crippen molar-refractivity contribution < 1.29 is 9.53 Å². The Kier molecular flexibility index (Phi) is 5.13. The van der Waals surface area contributed by atoms with Gasteiger partial charge in [-0.1, -0.05) is 30.0 Å². The summed E-state index contributed by atoms with van der Waals surface area (Å²) in [6, 6.07) is 8.13.